The molecule has 0 aliphatic heterocycles. The van der Waals surface area contributed by atoms with Crippen molar-refractivity contribution < 1.29 is 9.53 Å². The summed E-state index contributed by atoms with van der Waals surface area (Å²) in [5, 5.41) is 2.91. The zero-order valence-electron chi connectivity index (χ0n) is 15.0. The zero-order valence-corrected chi connectivity index (χ0v) is 16.6. The van der Waals surface area contributed by atoms with Crippen LogP contribution in [0, 0.1) is 0 Å². The fourth-order valence-corrected chi connectivity index (χ4v) is 3.92. The number of carbonyl (C=O) groups is 1. The van der Waals surface area contributed by atoms with Gasteiger partial charge in [-0.2, -0.15) is 0 Å². The zero-order chi connectivity index (χ0) is 18.8. The summed E-state index contributed by atoms with van der Waals surface area (Å²) < 4.78 is 6.61. The Morgan fingerprint density at radius 3 is 2.11 bits per heavy atom. The number of hydrogen-bond donors (Lipinski definition) is 1. The monoisotopic (exact) mass is 421 g/mol. The lowest BCUT2D eigenvalue weighted by Crippen LogP contribution is -2.28. The molecule has 0 aromatic heterocycles. The highest BCUT2D eigenvalue weighted by Gasteiger charge is 2.29. The highest BCUT2D eigenvalue weighted by molar-refractivity contribution is 9.10. The van der Waals surface area contributed by atoms with Crippen molar-refractivity contribution in [1.29, 1.82) is 0 Å². The SMILES string of the molecule is CC(NC(=O)OCC1c2ccccc2-c2ccccc21)c1ccc(Br)cc1. The van der Waals surface area contributed by atoms with Gasteiger partial charge in [-0.05, 0) is 46.9 Å². The largest absolute Gasteiger partial charge is 0.449 e. The molecule has 0 heterocycles. The molecular formula is C23H20BrNO2. The lowest BCUT2D eigenvalue weighted by Gasteiger charge is -2.17. The van der Waals surface area contributed by atoms with Crippen LogP contribution in [0.25, 0.3) is 11.1 Å². The minimum atomic E-state index is -0.396. The molecule has 3 aromatic rings. The number of rotatable bonds is 4. The maximum Gasteiger partial charge on any atom is 0.407 e. The third-order valence-electron chi connectivity index (χ3n) is 5.05. The van der Waals surface area contributed by atoms with Crippen LogP contribution in [-0.4, -0.2) is 12.7 Å². The van der Waals surface area contributed by atoms with E-state index in [1.165, 1.54) is 22.3 Å². The molecule has 136 valence electrons. The molecule has 3 aromatic carbocycles. The van der Waals surface area contributed by atoms with Crippen LogP contribution < -0.4 is 5.32 Å². The molecule has 0 saturated carbocycles. The van der Waals surface area contributed by atoms with E-state index in [4.69, 9.17) is 4.74 Å². The van der Waals surface area contributed by atoms with Gasteiger partial charge < -0.3 is 10.1 Å². The molecule has 0 saturated heterocycles. The number of fused-ring (bicyclic) bond motifs is 3. The molecule has 3 nitrogen and oxygen atoms in total. The van der Waals surface area contributed by atoms with E-state index in [1.807, 2.05) is 55.5 Å². The van der Waals surface area contributed by atoms with Gasteiger partial charge in [-0.25, -0.2) is 4.79 Å². The van der Waals surface area contributed by atoms with Crippen LogP contribution in [0.1, 0.15) is 35.6 Å². The van der Waals surface area contributed by atoms with Gasteiger partial charge in [0, 0.05) is 10.4 Å². The first kappa shape index (κ1) is 17.8. The predicted molar refractivity (Wildman–Crippen MR) is 111 cm³/mol. The van der Waals surface area contributed by atoms with Gasteiger partial charge in [0.2, 0.25) is 0 Å². The quantitative estimate of drug-likeness (QED) is 0.556. The summed E-state index contributed by atoms with van der Waals surface area (Å²) in [6, 6.07) is 24.4. The van der Waals surface area contributed by atoms with Crippen LogP contribution >= 0.6 is 15.9 Å². The van der Waals surface area contributed by atoms with Gasteiger partial charge >= 0.3 is 6.09 Å². The lowest BCUT2D eigenvalue weighted by atomic mass is 9.98. The Bertz CT molecular complexity index is 923. The van der Waals surface area contributed by atoms with E-state index in [1.54, 1.807) is 0 Å². The van der Waals surface area contributed by atoms with Crippen molar-refractivity contribution in [3.63, 3.8) is 0 Å². The van der Waals surface area contributed by atoms with Crippen LogP contribution in [0.15, 0.2) is 77.3 Å². The summed E-state index contributed by atoms with van der Waals surface area (Å²) in [5.74, 6) is 0.0751. The number of hydrogen-bond acceptors (Lipinski definition) is 2. The number of halogens is 1. The van der Waals surface area contributed by atoms with Gasteiger partial charge in [-0.15, -0.1) is 0 Å². The number of amides is 1. The van der Waals surface area contributed by atoms with Crippen LogP contribution in [0.3, 0.4) is 0 Å². The Hall–Kier alpha value is -2.59. The average molecular weight is 422 g/mol. The first-order valence-electron chi connectivity index (χ1n) is 9.00. The van der Waals surface area contributed by atoms with Gasteiger partial charge in [-0.1, -0.05) is 76.6 Å². The Morgan fingerprint density at radius 2 is 1.52 bits per heavy atom. The summed E-state index contributed by atoms with van der Waals surface area (Å²) >= 11 is 3.42. The molecule has 0 radical (unpaired) electrons. The Kier molecular flexibility index (Phi) is 4.99. The van der Waals surface area contributed by atoms with Crippen molar-refractivity contribution in [2.75, 3.05) is 6.61 Å². The molecule has 1 N–H and O–H groups in total. The molecule has 0 fully saturated rings. The van der Waals surface area contributed by atoms with Gasteiger partial charge in [0.25, 0.3) is 0 Å². The van der Waals surface area contributed by atoms with Crippen LogP contribution in [0.2, 0.25) is 0 Å². The second-order valence-electron chi connectivity index (χ2n) is 6.74. The van der Waals surface area contributed by atoms with Gasteiger partial charge in [0.05, 0.1) is 6.04 Å². The molecule has 1 atom stereocenters. The molecular weight excluding hydrogens is 402 g/mol. The molecule has 0 spiro atoms. The van der Waals surface area contributed by atoms with Crippen LogP contribution in [0.4, 0.5) is 4.79 Å². The fraction of sp³-hybridized carbons (Fsp3) is 0.174. The van der Waals surface area contributed by atoms with Crippen molar-refractivity contribution in [2.24, 2.45) is 0 Å². The van der Waals surface area contributed by atoms with E-state index in [9.17, 15) is 4.79 Å². The van der Waals surface area contributed by atoms with Gasteiger partial charge in [0.1, 0.15) is 6.61 Å². The Balaban J connectivity index is 1.44. The molecule has 0 bridgehead atoms. The topological polar surface area (TPSA) is 38.3 Å². The number of carbonyl (C=O) groups excluding carboxylic acids is 1. The molecule has 4 rings (SSSR count). The Morgan fingerprint density at radius 1 is 0.963 bits per heavy atom. The standard InChI is InChI=1S/C23H20BrNO2/c1-15(16-10-12-17(24)13-11-16)25-23(26)27-14-22-20-8-4-2-6-18(20)19-7-3-5-9-21(19)22/h2-13,15,22H,14H2,1H3,(H,25,26). The van der Waals surface area contributed by atoms with Crippen molar-refractivity contribution in [3.8, 4) is 11.1 Å². The third-order valence-corrected chi connectivity index (χ3v) is 5.58. The van der Waals surface area contributed by atoms with Crippen molar-refractivity contribution in [2.45, 2.75) is 18.9 Å². The fourth-order valence-electron chi connectivity index (χ4n) is 3.65. The van der Waals surface area contributed by atoms with Crippen LogP contribution in [-0.2, 0) is 4.74 Å². The molecule has 1 aliphatic carbocycles. The smallest absolute Gasteiger partial charge is 0.407 e. The Labute approximate surface area is 167 Å². The molecule has 1 unspecified atom stereocenters. The first-order valence-corrected chi connectivity index (χ1v) is 9.80. The van der Waals surface area contributed by atoms with Crippen LogP contribution in [0.5, 0.6) is 0 Å². The van der Waals surface area contributed by atoms with Crippen molar-refractivity contribution >= 4 is 22.0 Å². The van der Waals surface area contributed by atoms with Gasteiger partial charge in [-0.3, -0.25) is 0 Å². The summed E-state index contributed by atoms with van der Waals surface area (Å²) in [7, 11) is 0. The average Bonchev–Trinajstić information content (AvgIpc) is 3.01. The molecule has 1 aliphatic rings. The minimum absolute atomic E-state index is 0.0751. The van der Waals surface area contributed by atoms with E-state index in [-0.39, 0.29) is 12.0 Å². The van der Waals surface area contributed by atoms with E-state index >= 15 is 0 Å². The van der Waals surface area contributed by atoms with Crippen molar-refractivity contribution in [1.82, 2.24) is 5.32 Å². The number of nitrogens with one attached hydrogen (secondary N) is 1. The molecule has 4 heteroatoms. The second kappa shape index (κ2) is 7.57. The molecule has 27 heavy (non-hydrogen) atoms. The van der Waals surface area contributed by atoms with E-state index in [0.717, 1.165) is 10.0 Å². The maximum atomic E-state index is 12.3. The lowest BCUT2D eigenvalue weighted by molar-refractivity contribution is 0.140. The van der Waals surface area contributed by atoms with Crippen molar-refractivity contribution in [3.05, 3.63) is 94.0 Å². The summed E-state index contributed by atoms with van der Waals surface area (Å²) in [5.41, 5.74) is 5.92. The first-order chi connectivity index (χ1) is 13.1. The summed E-state index contributed by atoms with van der Waals surface area (Å²) in [6.07, 6.45) is -0.396. The highest BCUT2D eigenvalue weighted by atomic mass is 79.9. The normalized spacial score (nSPS) is 13.6. The summed E-state index contributed by atoms with van der Waals surface area (Å²) in [6.45, 7) is 2.28. The third kappa shape index (κ3) is 3.62. The summed E-state index contributed by atoms with van der Waals surface area (Å²) in [4.78, 5) is 12.3. The number of alkyl carbamates (subject to hydrolysis) is 1. The highest BCUT2D eigenvalue weighted by Crippen LogP contribution is 2.44. The van der Waals surface area contributed by atoms with Gasteiger partial charge in [0.15, 0.2) is 0 Å². The number of ether oxygens (including phenoxy) is 1. The van der Waals surface area contributed by atoms with E-state index in [0.29, 0.717) is 6.61 Å². The number of benzene rings is 3. The predicted octanol–water partition coefficient (Wildman–Crippen LogP) is 6.05. The molecule has 1 amide bonds. The minimum Gasteiger partial charge on any atom is -0.449 e. The van der Waals surface area contributed by atoms with E-state index < -0.39 is 6.09 Å². The maximum absolute atomic E-state index is 12.3. The second-order valence-corrected chi connectivity index (χ2v) is 7.66. The van der Waals surface area contributed by atoms with E-state index in [2.05, 4.69) is 45.5 Å².